The van der Waals surface area contributed by atoms with Crippen LogP contribution >= 0.6 is 0 Å². The van der Waals surface area contributed by atoms with Crippen LogP contribution in [0.3, 0.4) is 0 Å². The van der Waals surface area contributed by atoms with Crippen molar-refractivity contribution in [1.82, 2.24) is 5.32 Å². The van der Waals surface area contributed by atoms with E-state index in [0.717, 1.165) is 23.5 Å². The number of likely N-dealkylation sites (N-methyl/N-ethyl adjacent to an activating group) is 1. The van der Waals surface area contributed by atoms with Gasteiger partial charge in [-0.3, -0.25) is 0 Å². The Kier molecular flexibility index (Phi) is 2.96. The first kappa shape index (κ1) is 9.83. The van der Waals surface area contributed by atoms with Gasteiger partial charge in [0.2, 0.25) is 0 Å². The zero-order valence-corrected chi connectivity index (χ0v) is 8.99. The molecule has 1 unspecified atom stereocenters. The fourth-order valence-electron chi connectivity index (χ4n) is 1.55. The summed E-state index contributed by atoms with van der Waals surface area (Å²) in [6.07, 6.45) is 0.987. The Labute approximate surface area is 87.1 Å². The van der Waals surface area contributed by atoms with Gasteiger partial charge in [0.15, 0.2) is 10.8 Å². The zero-order chi connectivity index (χ0) is 9.97. The van der Waals surface area contributed by atoms with E-state index in [1.807, 2.05) is 19.2 Å². The van der Waals surface area contributed by atoms with Gasteiger partial charge in [-0.2, -0.15) is 0 Å². The van der Waals surface area contributed by atoms with Gasteiger partial charge in [-0.05, 0) is 37.7 Å². The molecule has 0 fully saturated rings. The first-order chi connectivity index (χ1) is 6.81. The van der Waals surface area contributed by atoms with Crippen LogP contribution in [0.1, 0.15) is 5.56 Å². The van der Waals surface area contributed by atoms with Crippen molar-refractivity contribution in [3.63, 3.8) is 0 Å². The minimum atomic E-state index is -0.845. The number of rotatable bonds is 3. The topological polar surface area (TPSA) is 47.1 Å². The molecule has 1 heterocycles. The minimum Gasteiger partial charge on any atom is -0.610 e. The predicted molar refractivity (Wildman–Crippen MR) is 59.0 cm³/mol. The fraction of sp³-hybridized carbons (Fsp3) is 0.400. The van der Waals surface area contributed by atoms with E-state index in [4.69, 9.17) is 0 Å². The molecule has 1 aromatic carbocycles. The molecule has 3 nitrogen and oxygen atoms in total. The first-order valence-electron chi connectivity index (χ1n) is 4.71. The third-order valence-corrected chi connectivity index (χ3v) is 3.58. The molecule has 0 aromatic heterocycles. The van der Waals surface area contributed by atoms with Gasteiger partial charge >= 0.3 is 0 Å². The van der Waals surface area contributed by atoms with Crippen molar-refractivity contribution in [2.75, 3.05) is 24.8 Å². The van der Waals surface area contributed by atoms with Crippen LogP contribution in [0.5, 0.6) is 0 Å². The maximum Gasteiger partial charge on any atom is 0.181 e. The Bertz CT molecular complexity index is 330. The summed E-state index contributed by atoms with van der Waals surface area (Å²) in [4.78, 5) is 0.957. The Morgan fingerprint density at radius 3 is 3.21 bits per heavy atom. The van der Waals surface area contributed by atoms with Gasteiger partial charge in [-0.1, -0.05) is 6.07 Å². The lowest BCUT2D eigenvalue weighted by Crippen LogP contribution is -2.10. The Morgan fingerprint density at radius 1 is 1.57 bits per heavy atom. The lowest BCUT2D eigenvalue weighted by molar-refractivity contribution is 0.599. The summed E-state index contributed by atoms with van der Waals surface area (Å²) in [7, 11) is 1.94. The minimum absolute atomic E-state index is 0.560. The summed E-state index contributed by atoms with van der Waals surface area (Å²) in [5.41, 5.74) is 2.27. The highest BCUT2D eigenvalue weighted by Gasteiger charge is 2.23. The van der Waals surface area contributed by atoms with Crippen molar-refractivity contribution in [3.8, 4) is 0 Å². The second-order valence-electron chi connectivity index (χ2n) is 3.35. The SMILES string of the molecule is CNCCc1ccc2c(c1)[S+]([O-])CN2. The van der Waals surface area contributed by atoms with E-state index >= 15 is 0 Å². The van der Waals surface area contributed by atoms with Gasteiger partial charge in [0.1, 0.15) is 0 Å². The highest BCUT2D eigenvalue weighted by molar-refractivity contribution is 7.92. The quantitative estimate of drug-likeness (QED) is 0.730. The van der Waals surface area contributed by atoms with Crippen molar-refractivity contribution >= 4 is 16.9 Å². The van der Waals surface area contributed by atoms with E-state index in [1.54, 1.807) is 0 Å². The lowest BCUT2D eigenvalue weighted by atomic mass is 10.1. The number of hydrogen-bond donors (Lipinski definition) is 2. The summed E-state index contributed by atoms with van der Waals surface area (Å²) < 4.78 is 11.5. The van der Waals surface area contributed by atoms with Crippen LogP contribution in [0.2, 0.25) is 0 Å². The van der Waals surface area contributed by atoms with Crippen molar-refractivity contribution in [3.05, 3.63) is 23.8 Å². The van der Waals surface area contributed by atoms with Gasteiger partial charge in [-0.15, -0.1) is 0 Å². The van der Waals surface area contributed by atoms with Crippen LogP contribution in [0, 0.1) is 0 Å². The Hall–Kier alpha value is -0.710. The highest BCUT2D eigenvalue weighted by atomic mass is 32.2. The lowest BCUT2D eigenvalue weighted by Gasteiger charge is -2.04. The molecular weight excluding hydrogens is 196 g/mol. The molecule has 1 aliphatic rings. The highest BCUT2D eigenvalue weighted by Crippen LogP contribution is 2.29. The second-order valence-corrected chi connectivity index (χ2v) is 4.77. The third kappa shape index (κ3) is 1.87. The van der Waals surface area contributed by atoms with Crippen LogP contribution in [0.25, 0.3) is 0 Å². The largest absolute Gasteiger partial charge is 0.610 e. The molecule has 2 rings (SSSR count). The van der Waals surface area contributed by atoms with E-state index in [2.05, 4.69) is 16.7 Å². The molecule has 14 heavy (non-hydrogen) atoms. The van der Waals surface area contributed by atoms with Crippen LogP contribution in [-0.4, -0.2) is 24.0 Å². The van der Waals surface area contributed by atoms with Crippen molar-refractivity contribution in [2.24, 2.45) is 0 Å². The molecule has 0 radical (unpaired) electrons. The third-order valence-electron chi connectivity index (χ3n) is 2.35. The molecule has 1 aromatic rings. The van der Waals surface area contributed by atoms with Gasteiger partial charge in [-0.25, -0.2) is 0 Å². The molecule has 0 saturated carbocycles. The number of nitrogens with one attached hydrogen (secondary N) is 2. The van der Waals surface area contributed by atoms with Crippen molar-refractivity contribution < 1.29 is 4.55 Å². The van der Waals surface area contributed by atoms with Crippen LogP contribution in [-0.2, 0) is 17.6 Å². The summed E-state index contributed by atoms with van der Waals surface area (Å²) in [6, 6.07) is 6.15. The van der Waals surface area contributed by atoms with Gasteiger partial charge in [0.25, 0.3) is 0 Å². The second kappa shape index (κ2) is 4.21. The Morgan fingerprint density at radius 2 is 2.43 bits per heavy atom. The zero-order valence-electron chi connectivity index (χ0n) is 8.17. The molecule has 0 aliphatic carbocycles. The van der Waals surface area contributed by atoms with Crippen LogP contribution < -0.4 is 10.6 Å². The molecule has 1 atom stereocenters. The predicted octanol–water partition coefficient (Wildman–Crippen LogP) is 0.939. The van der Waals surface area contributed by atoms with E-state index in [-0.39, 0.29) is 0 Å². The smallest absolute Gasteiger partial charge is 0.181 e. The first-order valence-corrected chi connectivity index (χ1v) is 6.03. The molecule has 4 heteroatoms. The average Bonchev–Trinajstić information content (AvgIpc) is 2.57. The maximum atomic E-state index is 11.5. The average molecular weight is 210 g/mol. The van der Waals surface area contributed by atoms with E-state index in [1.165, 1.54) is 5.56 Å². The van der Waals surface area contributed by atoms with E-state index in [0.29, 0.717) is 5.88 Å². The molecular formula is C10H14N2OS. The number of benzene rings is 1. The van der Waals surface area contributed by atoms with Crippen molar-refractivity contribution in [1.29, 1.82) is 0 Å². The van der Waals surface area contributed by atoms with Crippen LogP contribution in [0.15, 0.2) is 23.1 Å². The molecule has 1 aliphatic heterocycles. The maximum absolute atomic E-state index is 11.5. The van der Waals surface area contributed by atoms with E-state index < -0.39 is 11.2 Å². The molecule has 76 valence electrons. The fourth-order valence-corrected chi connectivity index (χ4v) is 2.66. The molecule has 2 N–H and O–H groups in total. The molecule has 0 bridgehead atoms. The molecule has 0 spiro atoms. The van der Waals surface area contributed by atoms with E-state index in [9.17, 15) is 4.55 Å². The van der Waals surface area contributed by atoms with Gasteiger partial charge < -0.3 is 15.2 Å². The normalized spacial score (nSPS) is 19.1. The van der Waals surface area contributed by atoms with Gasteiger partial charge in [0.05, 0.1) is 5.69 Å². The Balaban J connectivity index is 2.17. The number of fused-ring (bicyclic) bond motifs is 1. The van der Waals surface area contributed by atoms with Gasteiger partial charge in [0, 0.05) is 11.2 Å². The summed E-state index contributed by atoms with van der Waals surface area (Å²) in [5.74, 6) is 0.560. The summed E-state index contributed by atoms with van der Waals surface area (Å²) in [5, 5.41) is 6.22. The summed E-state index contributed by atoms with van der Waals surface area (Å²) in [6.45, 7) is 0.957. The molecule has 0 saturated heterocycles. The summed E-state index contributed by atoms with van der Waals surface area (Å²) >= 11 is -0.845. The standard InChI is InChI=1S/C10H14N2OS/c1-11-5-4-8-2-3-9-10(6-8)14(13)7-12-9/h2-3,6,11-12H,4-5,7H2,1H3. The molecule has 0 amide bonds. The monoisotopic (exact) mass is 210 g/mol. The van der Waals surface area contributed by atoms with Crippen LogP contribution in [0.4, 0.5) is 5.69 Å². The van der Waals surface area contributed by atoms with Crippen molar-refractivity contribution in [2.45, 2.75) is 11.3 Å². The number of hydrogen-bond acceptors (Lipinski definition) is 3. The number of anilines is 1.